The van der Waals surface area contributed by atoms with E-state index in [0.717, 1.165) is 48.5 Å². The first-order chi connectivity index (χ1) is 18.4. The van der Waals surface area contributed by atoms with Crippen molar-refractivity contribution < 1.29 is 0 Å². The van der Waals surface area contributed by atoms with E-state index >= 15 is 0 Å². The molecular formula is C24H8Cl12Si4. The average molecular weight is 834 g/mol. The molecule has 0 fully saturated rings. The van der Waals surface area contributed by atoms with Crippen molar-refractivity contribution in [2.24, 2.45) is 0 Å². The van der Waals surface area contributed by atoms with Gasteiger partial charge in [0.1, 0.15) is 0 Å². The minimum Gasteiger partial charge on any atom is -0.121 e. The first-order valence-corrected chi connectivity index (χ1v) is 31.6. The SMILES string of the molecule is Cl[Si](Cl)(Cl)c1c([Si](Cl)(Cl)Cl)c2c([Si](Cl)(Cl)Cl)c([Si](Cl)(Cl)Cl)c3ccc4ccc5ccc6ccc1c1c6c5c4c3c21. The molecule has 0 saturated carbocycles. The number of halogens is 12. The molecule has 0 spiro atoms. The Kier molecular flexibility index (Phi) is 7.02. The van der Waals surface area contributed by atoms with E-state index in [2.05, 4.69) is 24.3 Å². The van der Waals surface area contributed by atoms with Gasteiger partial charge in [-0.15, -0.1) is 133 Å². The molecule has 0 aliphatic heterocycles. The highest BCUT2D eigenvalue weighted by molar-refractivity contribution is 7.76. The zero-order valence-electron chi connectivity index (χ0n) is 19.2. The zero-order chi connectivity index (χ0) is 28.9. The molecule has 0 N–H and O–H groups in total. The number of hydrogen-bond acceptors (Lipinski definition) is 0. The van der Waals surface area contributed by atoms with Crippen LogP contribution in [0.3, 0.4) is 0 Å². The molecule has 0 radical (unpaired) electrons. The summed E-state index contributed by atoms with van der Waals surface area (Å²) in [6.45, 7) is 0. The summed E-state index contributed by atoms with van der Waals surface area (Å²) < 4.78 is 0. The van der Waals surface area contributed by atoms with Crippen molar-refractivity contribution in [1.82, 2.24) is 0 Å². The normalized spacial score (nSPS) is 14.5. The van der Waals surface area contributed by atoms with E-state index in [4.69, 9.17) is 133 Å². The van der Waals surface area contributed by atoms with E-state index in [0.29, 0.717) is 26.5 Å². The van der Waals surface area contributed by atoms with Crippen molar-refractivity contribution in [1.29, 1.82) is 0 Å². The molecule has 16 heteroatoms. The summed E-state index contributed by atoms with van der Waals surface area (Å²) in [5.41, 5.74) is 0. The first-order valence-electron chi connectivity index (χ1n) is 11.4. The zero-order valence-corrected chi connectivity index (χ0v) is 32.2. The Morgan fingerprint density at radius 3 is 0.850 bits per heavy atom. The third-order valence-electron chi connectivity index (χ3n) is 7.57. The molecule has 0 aliphatic rings. The number of benzene rings is 7. The van der Waals surface area contributed by atoms with Gasteiger partial charge in [-0.05, 0) is 85.4 Å². The van der Waals surface area contributed by atoms with Crippen molar-refractivity contribution in [2.45, 2.75) is 0 Å². The molecule has 7 aromatic carbocycles. The van der Waals surface area contributed by atoms with Crippen LogP contribution < -0.4 is 20.7 Å². The first kappa shape index (κ1) is 29.9. The van der Waals surface area contributed by atoms with Crippen LogP contribution in [-0.4, -0.2) is 24.0 Å². The van der Waals surface area contributed by atoms with Crippen LogP contribution in [0.1, 0.15) is 0 Å². The quantitative estimate of drug-likeness (QED) is 0.0717. The maximum atomic E-state index is 6.89. The maximum absolute atomic E-state index is 6.89. The Morgan fingerprint density at radius 2 is 0.550 bits per heavy atom. The van der Waals surface area contributed by atoms with E-state index < -0.39 is 24.0 Å². The Hall–Kier alpha value is 1.23. The van der Waals surface area contributed by atoms with Gasteiger partial charge < -0.3 is 0 Å². The van der Waals surface area contributed by atoms with Crippen LogP contribution >= 0.6 is 133 Å². The lowest BCUT2D eigenvalue weighted by atomic mass is 9.82. The third-order valence-corrected chi connectivity index (χ3v) is 19.2. The fourth-order valence-electron chi connectivity index (χ4n) is 6.41. The van der Waals surface area contributed by atoms with Crippen molar-refractivity contribution >= 4 is 242 Å². The predicted octanol–water partition coefficient (Wildman–Crippen LogP) is 10.4. The summed E-state index contributed by atoms with van der Waals surface area (Å²) in [6.07, 6.45) is 0. The van der Waals surface area contributed by atoms with Crippen molar-refractivity contribution in [3.05, 3.63) is 48.5 Å². The van der Waals surface area contributed by atoms with Crippen LogP contribution in [0.4, 0.5) is 0 Å². The van der Waals surface area contributed by atoms with Crippen LogP contribution in [0.15, 0.2) is 48.5 Å². The Labute approximate surface area is 287 Å². The van der Waals surface area contributed by atoms with Crippen LogP contribution in [0.2, 0.25) is 0 Å². The molecule has 40 heavy (non-hydrogen) atoms. The van der Waals surface area contributed by atoms with Crippen molar-refractivity contribution in [3.63, 3.8) is 0 Å². The van der Waals surface area contributed by atoms with Crippen LogP contribution in [0.25, 0.3) is 64.6 Å². The van der Waals surface area contributed by atoms with E-state index in [1.807, 2.05) is 24.3 Å². The molecule has 7 rings (SSSR count). The maximum Gasteiger partial charge on any atom is 0.373 e. The van der Waals surface area contributed by atoms with Gasteiger partial charge >= 0.3 is 24.0 Å². The van der Waals surface area contributed by atoms with Crippen molar-refractivity contribution in [2.75, 3.05) is 0 Å². The predicted molar refractivity (Wildman–Crippen MR) is 197 cm³/mol. The summed E-state index contributed by atoms with van der Waals surface area (Å²) in [4.78, 5) is 0. The summed E-state index contributed by atoms with van der Waals surface area (Å²) in [5.74, 6) is 0. The van der Waals surface area contributed by atoms with Gasteiger partial charge in [-0.3, -0.25) is 0 Å². The Balaban J connectivity index is 2.05. The highest BCUT2D eigenvalue weighted by Gasteiger charge is 2.49. The fraction of sp³-hybridized carbons (Fsp3) is 0. The lowest BCUT2D eigenvalue weighted by Gasteiger charge is -2.32. The molecule has 204 valence electrons. The summed E-state index contributed by atoms with van der Waals surface area (Å²) >= 11 is 82.4. The van der Waals surface area contributed by atoms with Gasteiger partial charge in [0.05, 0.1) is 0 Å². The van der Waals surface area contributed by atoms with Gasteiger partial charge in [-0.25, -0.2) is 0 Å². The molecule has 0 amide bonds. The van der Waals surface area contributed by atoms with Gasteiger partial charge in [-0.2, -0.15) is 0 Å². The fourth-order valence-corrected chi connectivity index (χ4v) is 22.3. The molecule has 0 aliphatic carbocycles. The highest BCUT2D eigenvalue weighted by atomic mass is 35.9. The molecule has 0 nitrogen and oxygen atoms in total. The van der Waals surface area contributed by atoms with Gasteiger partial charge in [0, 0.05) is 0 Å². The average Bonchev–Trinajstić information content (AvgIpc) is 2.82. The summed E-state index contributed by atoms with van der Waals surface area (Å²) in [6, 6.07) is 0.798. The second-order valence-electron chi connectivity index (χ2n) is 9.64. The van der Waals surface area contributed by atoms with Gasteiger partial charge in [0.25, 0.3) is 0 Å². The molecule has 0 heterocycles. The standard InChI is InChI=1S/C24H8Cl12Si4/c25-37(26,27)21-12-7-5-10-3-1-9-2-4-11-6-8-13-18-16(11)14(9)15(10)17(12)19(18)20(23(21)39(31,32)33)24(40(34,35)36)22(13)38(28,29)30/h1-8H. The lowest BCUT2D eigenvalue weighted by molar-refractivity contribution is 1.84. The molecule has 7 aromatic rings. The van der Waals surface area contributed by atoms with Crippen LogP contribution in [0.5, 0.6) is 0 Å². The van der Waals surface area contributed by atoms with Gasteiger partial charge in [0.15, 0.2) is 0 Å². The molecule has 0 saturated heterocycles. The monoisotopic (exact) mass is 828 g/mol. The minimum absolute atomic E-state index is 0.273. The van der Waals surface area contributed by atoms with Crippen molar-refractivity contribution in [3.8, 4) is 0 Å². The summed E-state index contributed by atoms with van der Waals surface area (Å²) in [5, 5.41) is 11.6. The molecule has 0 atom stereocenters. The van der Waals surface area contributed by atoms with Crippen LogP contribution in [0, 0.1) is 0 Å². The smallest absolute Gasteiger partial charge is 0.121 e. The second kappa shape index (κ2) is 9.38. The molecular weight excluding hydrogens is 826 g/mol. The number of hydrogen-bond donors (Lipinski definition) is 0. The second-order valence-corrected chi connectivity index (χ2v) is 43.0. The van der Waals surface area contributed by atoms with E-state index in [-0.39, 0.29) is 10.4 Å². The number of rotatable bonds is 4. The molecule has 0 aromatic heterocycles. The van der Waals surface area contributed by atoms with E-state index in [9.17, 15) is 0 Å². The van der Waals surface area contributed by atoms with Gasteiger partial charge in [-0.1, -0.05) is 48.5 Å². The van der Waals surface area contributed by atoms with Crippen LogP contribution in [-0.2, 0) is 0 Å². The Morgan fingerprint density at radius 1 is 0.275 bits per heavy atom. The Bertz CT molecular complexity index is 2010. The molecule has 0 unspecified atom stereocenters. The lowest BCUT2D eigenvalue weighted by Crippen LogP contribution is -2.58. The highest BCUT2D eigenvalue weighted by Crippen LogP contribution is 2.49. The third kappa shape index (κ3) is 4.17. The minimum atomic E-state index is -3.89. The largest absolute Gasteiger partial charge is 0.373 e. The van der Waals surface area contributed by atoms with E-state index in [1.54, 1.807) is 0 Å². The topological polar surface area (TPSA) is 0 Å². The van der Waals surface area contributed by atoms with E-state index in [1.165, 1.54) is 0 Å². The summed E-state index contributed by atoms with van der Waals surface area (Å²) in [7, 11) is 0. The molecule has 0 bridgehead atoms. The van der Waals surface area contributed by atoms with Gasteiger partial charge in [0.2, 0.25) is 0 Å².